The highest BCUT2D eigenvalue weighted by molar-refractivity contribution is 6.00. The molecule has 0 saturated carbocycles. The summed E-state index contributed by atoms with van der Waals surface area (Å²) in [7, 11) is 0. The van der Waals surface area contributed by atoms with E-state index in [0.29, 0.717) is 26.2 Å². The lowest BCUT2D eigenvalue weighted by Crippen LogP contribution is -2.44. The third-order valence-electron chi connectivity index (χ3n) is 4.11. The van der Waals surface area contributed by atoms with Crippen LogP contribution in [-0.2, 0) is 9.59 Å². The van der Waals surface area contributed by atoms with E-state index in [1.807, 2.05) is 0 Å². The molecule has 2 saturated heterocycles. The summed E-state index contributed by atoms with van der Waals surface area (Å²) in [6.07, 6.45) is 0.454. The van der Waals surface area contributed by atoms with Crippen molar-refractivity contribution >= 4 is 29.9 Å². The number of nitrogens with one attached hydrogen (secondary N) is 2. The molecule has 3 rings (SSSR count). The summed E-state index contributed by atoms with van der Waals surface area (Å²) >= 11 is 0. The molecule has 2 aliphatic heterocycles. The molecular formula is C15H18ClF2N3O2. The van der Waals surface area contributed by atoms with Gasteiger partial charge in [-0.15, -0.1) is 12.4 Å². The molecule has 2 N–H and O–H groups in total. The lowest BCUT2D eigenvalue weighted by molar-refractivity contribution is -0.134. The number of hydrogen-bond acceptors (Lipinski definition) is 4. The van der Waals surface area contributed by atoms with Gasteiger partial charge in [-0.25, -0.2) is 8.78 Å². The summed E-state index contributed by atoms with van der Waals surface area (Å²) in [5, 5.41) is 5.33. The zero-order valence-corrected chi connectivity index (χ0v) is 13.2. The van der Waals surface area contributed by atoms with Crippen molar-refractivity contribution in [2.45, 2.75) is 18.8 Å². The standard InChI is InChI=1S/C15H17F2N3O2.ClH/c16-11-7-9(10-1-2-13(21)19-15(10)22)8-12(17)14(11)20-5-3-18-4-6-20;/h7-8,10,18H,1-6H2,(H,19,21,22);1H. The summed E-state index contributed by atoms with van der Waals surface area (Å²) in [6, 6.07) is 2.42. The summed E-state index contributed by atoms with van der Waals surface area (Å²) in [5.74, 6) is -2.86. The van der Waals surface area contributed by atoms with Crippen LogP contribution in [0.25, 0.3) is 0 Å². The summed E-state index contributed by atoms with van der Waals surface area (Å²) in [6.45, 7) is 2.42. The zero-order valence-electron chi connectivity index (χ0n) is 12.4. The van der Waals surface area contributed by atoms with Crippen LogP contribution in [-0.4, -0.2) is 38.0 Å². The Hall–Kier alpha value is -1.73. The Morgan fingerprint density at radius 3 is 2.26 bits per heavy atom. The van der Waals surface area contributed by atoms with Crippen LogP contribution in [0.3, 0.4) is 0 Å². The predicted molar refractivity (Wildman–Crippen MR) is 83.8 cm³/mol. The SMILES string of the molecule is Cl.O=C1CCC(c2cc(F)c(N3CCNCC3)c(F)c2)C(=O)N1. The first kappa shape index (κ1) is 17.6. The second kappa shape index (κ2) is 7.23. The molecule has 8 heteroatoms. The van der Waals surface area contributed by atoms with Gasteiger partial charge in [0.05, 0.1) is 5.92 Å². The van der Waals surface area contributed by atoms with Crippen LogP contribution in [0.1, 0.15) is 24.3 Å². The number of hydrogen-bond donors (Lipinski definition) is 2. The van der Waals surface area contributed by atoms with E-state index in [-0.39, 0.29) is 42.4 Å². The number of anilines is 1. The fourth-order valence-corrected chi connectivity index (χ4v) is 2.99. The Bertz CT molecular complexity index is 598. The van der Waals surface area contributed by atoms with Gasteiger partial charge in [-0.1, -0.05) is 0 Å². The Morgan fingerprint density at radius 1 is 1.09 bits per heavy atom. The molecule has 0 spiro atoms. The minimum absolute atomic E-state index is 0. The van der Waals surface area contributed by atoms with Gasteiger partial charge in [-0.05, 0) is 24.1 Å². The third-order valence-corrected chi connectivity index (χ3v) is 4.11. The van der Waals surface area contributed by atoms with Crippen molar-refractivity contribution in [3.63, 3.8) is 0 Å². The van der Waals surface area contributed by atoms with Crippen molar-refractivity contribution in [1.29, 1.82) is 0 Å². The molecule has 1 unspecified atom stereocenters. The van der Waals surface area contributed by atoms with Gasteiger partial charge in [-0.2, -0.15) is 0 Å². The fraction of sp³-hybridized carbons (Fsp3) is 0.467. The second-order valence-electron chi connectivity index (χ2n) is 5.57. The van der Waals surface area contributed by atoms with Crippen LogP contribution in [0.15, 0.2) is 12.1 Å². The maximum absolute atomic E-state index is 14.4. The molecule has 2 aliphatic rings. The molecular weight excluding hydrogens is 328 g/mol. The zero-order chi connectivity index (χ0) is 15.7. The van der Waals surface area contributed by atoms with Gasteiger partial charge in [-0.3, -0.25) is 14.9 Å². The van der Waals surface area contributed by atoms with Gasteiger partial charge >= 0.3 is 0 Å². The highest BCUT2D eigenvalue weighted by Crippen LogP contribution is 2.31. The fourth-order valence-electron chi connectivity index (χ4n) is 2.99. The lowest BCUT2D eigenvalue weighted by atomic mass is 9.90. The normalized spacial score (nSPS) is 21.7. The van der Waals surface area contributed by atoms with Gasteiger partial charge in [0.15, 0.2) is 0 Å². The molecule has 126 valence electrons. The van der Waals surface area contributed by atoms with E-state index in [0.717, 1.165) is 0 Å². The number of benzene rings is 1. The summed E-state index contributed by atoms with van der Waals surface area (Å²) < 4.78 is 28.7. The van der Waals surface area contributed by atoms with Crippen molar-refractivity contribution in [2.24, 2.45) is 0 Å². The number of amides is 2. The number of carbonyl (C=O) groups is 2. The maximum Gasteiger partial charge on any atom is 0.234 e. The minimum atomic E-state index is -0.682. The summed E-state index contributed by atoms with van der Waals surface area (Å²) in [4.78, 5) is 24.6. The summed E-state index contributed by atoms with van der Waals surface area (Å²) in [5.41, 5.74) is 0.233. The van der Waals surface area contributed by atoms with E-state index >= 15 is 0 Å². The van der Waals surface area contributed by atoms with Crippen LogP contribution in [0, 0.1) is 11.6 Å². The highest BCUT2D eigenvalue weighted by atomic mass is 35.5. The van der Waals surface area contributed by atoms with E-state index in [4.69, 9.17) is 0 Å². The minimum Gasteiger partial charge on any atom is -0.364 e. The quantitative estimate of drug-likeness (QED) is 0.794. The van der Waals surface area contributed by atoms with Gasteiger partial charge in [0, 0.05) is 32.6 Å². The number of piperidine rings is 1. The van der Waals surface area contributed by atoms with Gasteiger partial charge in [0.2, 0.25) is 11.8 Å². The van der Waals surface area contributed by atoms with Crippen LogP contribution in [0.5, 0.6) is 0 Å². The number of piperazine rings is 1. The van der Waals surface area contributed by atoms with Gasteiger partial charge in [0.25, 0.3) is 0 Å². The molecule has 23 heavy (non-hydrogen) atoms. The molecule has 0 radical (unpaired) electrons. The van der Waals surface area contributed by atoms with Crippen LogP contribution in [0.2, 0.25) is 0 Å². The molecule has 5 nitrogen and oxygen atoms in total. The number of imide groups is 1. The molecule has 0 aromatic heterocycles. The maximum atomic E-state index is 14.4. The number of carbonyl (C=O) groups excluding carboxylic acids is 2. The first-order chi connectivity index (χ1) is 10.6. The molecule has 1 atom stereocenters. The average Bonchev–Trinajstić information content (AvgIpc) is 2.47. The van der Waals surface area contributed by atoms with Crippen molar-refractivity contribution in [3.8, 4) is 0 Å². The first-order valence-electron chi connectivity index (χ1n) is 7.34. The van der Waals surface area contributed by atoms with E-state index < -0.39 is 23.5 Å². The second-order valence-corrected chi connectivity index (χ2v) is 5.57. The Morgan fingerprint density at radius 2 is 1.70 bits per heavy atom. The molecule has 0 bridgehead atoms. The van der Waals surface area contributed by atoms with E-state index in [2.05, 4.69) is 10.6 Å². The molecule has 1 aromatic carbocycles. The molecule has 2 heterocycles. The number of rotatable bonds is 2. The molecule has 0 aliphatic carbocycles. The van der Waals surface area contributed by atoms with Crippen molar-refractivity contribution < 1.29 is 18.4 Å². The van der Waals surface area contributed by atoms with Gasteiger partial charge < -0.3 is 10.2 Å². The highest BCUT2D eigenvalue weighted by Gasteiger charge is 2.30. The Labute approximate surface area is 138 Å². The predicted octanol–water partition coefficient (Wildman–Crippen LogP) is 1.32. The van der Waals surface area contributed by atoms with E-state index in [1.165, 1.54) is 12.1 Å². The van der Waals surface area contributed by atoms with Crippen LogP contribution in [0.4, 0.5) is 14.5 Å². The van der Waals surface area contributed by atoms with Gasteiger partial charge in [0.1, 0.15) is 17.3 Å². The topological polar surface area (TPSA) is 61.4 Å². The van der Waals surface area contributed by atoms with Crippen molar-refractivity contribution in [2.75, 3.05) is 31.1 Å². The largest absolute Gasteiger partial charge is 0.364 e. The van der Waals surface area contributed by atoms with Crippen LogP contribution >= 0.6 is 12.4 Å². The Balaban J connectivity index is 0.00000192. The number of nitrogens with zero attached hydrogens (tertiary/aromatic N) is 1. The number of halogens is 3. The van der Waals surface area contributed by atoms with E-state index in [1.54, 1.807) is 4.90 Å². The lowest BCUT2D eigenvalue weighted by Gasteiger charge is -2.30. The smallest absolute Gasteiger partial charge is 0.234 e. The monoisotopic (exact) mass is 345 g/mol. The third kappa shape index (κ3) is 3.61. The average molecular weight is 346 g/mol. The molecule has 1 aromatic rings. The van der Waals surface area contributed by atoms with Crippen LogP contribution < -0.4 is 15.5 Å². The first-order valence-corrected chi connectivity index (χ1v) is 7.34. The van der Waals surface area contributed by atoms with Crippen molar-refractivity contribution in [1.82, 2.24) is 10.6 Å². The molecule has 2 amide bonds. The molecule has 2 fully saturated rings. The van der Waals surface area contributed by atoms with Crippen molar-refractivity contribution in [3.05, 3.63) is 29.3 Å². The Kier molecular flexibility index (Phi) is 5.54. The van der Waals surface area contributed by atoms with E-state index in [9.17, 15) is 18.4 Å².